The molecule has 4 N–H and O–H groups in total. The molecule has 6 nitrogen and oxygen atoms in total. The first kappa shape index (κ1) is 18.0. The molecule has 0 aliphatic carbocycles. The van der Waals surface area contributed by atoms with Crippen LogP contribution in [0.1, 0.15) is 13.8 Å². The Kier molecular flexibility index (Phi) is 8.03. The van der Waals surface area contributed by atoms with Gasteiger partial charge in [0.25, 0.3) is 0 Å². The van der Waals surface area contributed by atoms with Gasteiger partial charge in [0, 0.05) is 24.8 Å². The SMILES string of the molecule is C=CCNC(=O)Nc1ccc(OC[C@H](O)CNC(C)C)cc1. The van der Waals surface area contributed by atoms with Crippen LogP contribution in [0.25, 0.3) is 0 Å². The summed E-state index contributed by atoms with van der Waals surface area (Å²) in [5, 5.41) is 18.2. The highest BCUT2D eigenvalue weighted by Crippen LogP contribution is 2.15. The number of nitrogens with one attached hydrogen (secondary N) is 3. The molecule has 0 bridgehead atoms. The van der Waals surface area contributed by atoms with Gasteiger partial charge in [0.05, 0.1) is 0 Å². The number of aliphatic hydroxyl groups is 1. The third-order valence-electron chi connectivity index (χ3n) is 2.72. The Hall–Kier alpha value is -2.05. The van der Waals surface area contributed by atoms with Gasteiger partial charge in [0.1, 0.15) is 18.5 Å². The Morgan fingerprint density at radius 2 is 2.05 bits per heavy atom. The van der Waals surface area contributed by atoms with Crippen LogP contribution in [0.15, 0.2) is 36.9 Å². The summed E-state index contributed by atoms with van der Waals surface area (Å²) in [7, 11) is 0. The van der Waals surface area contributed by atoms with Crippen molar-refractivity contribution in [2.45, 2.75) is 26.0 Å². The predicted molar refractivity (Wildman–Crippen MR) is 88.3 cm³/mol. The zero-order valence-corrected chi connectivity index (χ0v) is 13.1. The first-order chi connectivity index (χ1) is 10.5. The summed E-state index contributed by atoms with van der Waals surface area (Å²) in [6.07, 6.45) is 1.04. The lowest BCUT2D eigenvalue weighted by Gasteiger charge is -2.15. The summed E-state index contributed by atoms with van der Waals surface area (Å²) in [6.45, 7) is 8.67. The molecule has 122 valence electrons. The summed E-state index contributed by atoms with van der Waals surface area (Å²) < 4.78 is 5.49. The first-order valence-corrected chi connectivity index (χ1v) is 7.31. The molecule has 1 aromatic carbocycles. The lowest BCUT2D eigenvalue weighted by Crippen LogP contribution is -2.35. The molecule has 6 heteroatoms. The minimum absolute atomic E-state index is 0.215. The van der Waals surface area contributed by atoms with Crippen LogP contribution in [0.5, 0.6) is 5.75 Å². The monoisotopic (exact) mass is 307 g/mol. The molecule has 0 saturated heterocycles. The van der Waals surface area contributed by atoms with Crippen molar-refractivity contribution in [3.05, 3.63) is 36.9 Å². The molecule has 0 aliphatic heterocycles. The van der Waals surface area contributed by atoms with Gasteiger partial charge in [-0.1, -0.05) is 19.9 Å². The number of benzene rings is 1. The number of aliphatic hydroxyl groups excluding tert-OH is 1. The molecule has 0 aromatic heterocycles. The minimum atomic E-state index is -0.565. The highest BCUT2D eigenvalue weighted by Gasteiger charge is 2.06. The van der Waals surface area contributed by atoms with E-state index in [1.807, 2.05) is 13.8 Å². The molecule has 22 heavy (non-hydrogen) atoms. The quantitative estimate of drug-likeness (QED) is 0.524. The predicted octanol–water partition coefficient (Wildman–Crippen LogP) is 1.73. The lowest BCUT2D eigenvalue weighted by molar-refractivity contribution is 0.104. The van der Waals surface area contributed by atoms with Gasteiger partial charge >= 0.3 is 6.03 Å². The summed E-state index contributed by atoms with van der Waals surface area (Å²) >= 11 is 0. The van der Waals surface area contributed by atoms with Crippen molar-refractivity contribution >= 4 is 11.7 Å². The topological polar surface area (TPSA) is 82.6 Å². The second kappa shape index (κ2) is 9.81. The number of amides is 2. The zero-order valence-electron chi connectivity index (χ0n) is 13.1. The number of carbonyl (C=O) groups is 1. The number of rotatable bonds is 9. The summed E-state index contributed by atoms with van der Waals surface area (Å²) in [6, 6.07) is 7.00. The molecule has 0 spiro atoms. The Labute approximate surface area is 131 Å². The number of carbonyl (C=O) groups excluding carboxylic acids is 1. The normalized spacial score (nSPS) is 11.8. The van der Waals surface area contributed by atoms with Gasteiger partial charge in [-0.15, -0.1) is 6.58 Å². The van der Waals surface area contributed by atoms with Gasteiger partial charge in [0.15, 0.2) is 0 Å². The highest BCUT2D eigenvalue weighted by molar-refractivity contribution is 5.89. The van der Waals surface area contributed by atoms with E-state index in [1.54, 1.807) is 30.3 Å². The largest absolute Gasteiger partial charge is 0.491 e. The number of urea groups is 1. The third-order valence-corrected chi connectivity index (χ3v) is 2.72. The Morgan fingerprint density at radius 3 is 2.64 bits per heavy atom. The van der Waals surface area contributed by atoms with E-state index in [0.717, 1.165) is 0 Å². The van der Waals surface area contributed by atoms with E-state index >= 15 is 0 Å². The van der Waals surface area contributed by atoms with Crippen LogP contribution in [0.2, 0.25) is 0 Å². The zero-order chi connectivity index (χ0) is 16.4. The van der Waals surface area contributed by atoms with Gasteiger partial charge in [-0.2, -0.15) is 0 Å². The van der Waals surface area contributed by atoms with Crippen LogP contribution in [0.4, 0.5) is 10.5 Å². The van der Waals surface area contributed by atoms with Crippen molar-refractivity contribution in [3.8, 4) is 5.75 Å². The maximum atomic E-state index is 11.5. The maximum Gasteiger partial charge on any atom is 0.319 e. The van der Waals surface area contributed by atoms with Crippen LogP contribution in [-0.4, -0.2) is 43.0 Å². The lowest BCUT2D eigenvalue weighted by atomic mass is 10.3. The first-order valence-electron chi connectivity index (χ1n) is 7.31. The van der Waals surface area contributed by atoms with Crippen LogP contribution in [-0.2, 0) is 0 Å². The van der Waals surface area contributed by atoms with Crippen molar-refractivity contribution in [1.82, 2.24) is 10.6 Å². The van der Waals surface area contributed by atoms with Crippen LogP contribution in [0.3, 0.4) is 0 Å². The fraction of sp³-hybridized carbons (Fsp3) is 0.438. The highest BCUT2D eigenvalue weighted by atomic mass is 16.5. The molecular weight excluding hydrogens is 282 g/mol. The molecular formula is C16H25N3O3. The van der Waals surface area contributed by atoms with Gasteiger partial charge in [-0.3, -0.25) is 0 Å². The Bertz CT molecular complexity index is 460. The summed E-state index contributed by atoms with van der Waals surface area (Å²) in [5.74, 6) is 0.639. The second-order valence-corrected chi connectivity index (χ2v) is 5.18. The molecule has 0 fully saturated rings. The standard InChI is InChI=1S/C16H25N3O3/c1-4-9-17-16(21)19-13-5-7-15(8-6-13)22-11-14(20)10-18-12(2)3/h4-8,12,14,18,20H,1,9-11H2,2-3H3,(H2,17,19,21)/t14-/m1/s1. The van der Waals surface area contributed by atoms with Gasteiger partial charge in [-0.05, 0) is 24.3 Å². The maximum absolute atomic E-state index is 11.5. The third kappa shape index (κ3) is 7.66. The van der Waals surface area contributed by atoms with Crippen LogP contribution >= 0.6 is 0 Å². The molecule has 1 rings (SSSR count). The van der Waals surface area contributed by atoms with Crippen LogP contribution in [0, 0.1) is 0 Å². The van der Waals surface area contributed by atoms with Crippen molar-refractivity contribution < 1.29 is 14.6 Å². The average molecular weight is 307 g/mol. The van der Waals surface area contributed by atoms with Gasteiger partial charge < -0.3 is 25.8 Å². The van der Waals surface area contributed by atoms with Gasteiger partial charge in [0.2, 0.25) is 0 Å². The number of hydrogen-bond acceptors (Lipinski definition) is 4. The van der Waals surface area contributed by atoms with Gasteiger partial charge in [-0.25, -0.2) is 4.79 Å². The summed E-state index contributed by atoms with van der Waals surface area (Å²) in [5.41, 5.74) is 0.663. The molecule has 0 heterocycles. The van der Waals surface area contributed by atoms with Crippen molar-refractivity contribution in [3.63, 3.8) is 0 Å². The molecule has 0 aliphatic rings. The van der Waals surface area contributed by atoms with E-state index in [4.69, 9.17) is 4.74 Å². The Balaban J connectivity index is 2.35. The second-order valence-electron chi connectivity index (χ2n) is 5.18. The van der Waals surface area contributed by atoms with Crippen molar-refractivity contribution in [2.75, 3.05) is 25.0 Å². The molecule has 0 unspecified atom stereocenters. The van der Waals surface area contributed by atoms with E-state index < -0.39 is 6.10 Å². The smallest absolute Gasteiger partial charge is 0.319 e. The fourth-order valence-electron chi connectivity index (χ4n) is 1.60. The molecule has 0 radical (unpaired) electrons. The molecule has 1 aromatic rings. The molecule has 0 saturated carbocycles. The number of anilines is 1. The minimum Gasteiger partial charge on any atom is -0.491 e. The molecule has 1 atom stereocenters. The number of ether oxygens (including phenoxy) is 1. The Morgan fingerprint density at radius 1 is 1.36 bits per heavy atom. The van der Waals surface area contributed by atoms with E-state index in [-0.39, 0.29) is 12.6 Å². The fourth-order valence-corrected chi connectivity index (χ4v) is 1.60. The molecule has 2 amide bonds. The van der Waals surface area contributed by atoms with E-state index in [0.29, 0.717) is 30.6 Å². The van der Waals surface area contributed by atoms with Crippen molar-refractivity contribution in [1.29, 1.82) is 0 Å². The number of hydrogen-bond donors (Lipinski definition) is 4. The van der Waals surface area contributed by atoms with Crippen LogP contribution < -0.4 is 20.7 Å². The van der Waals surface area contributed by atoms with Crippen molar-refractivity contribution in [2.24, 2.45) is 0 Å². The summed E-state index contributed by atoms with van der Waals surface area (Å²) in [4.78, 5) is 11.5. The van der Waals surface area contributed by atoms with E-state index in [9.17, 15) is 9.90 Å². The average Bonchev–Trinajstić information content (AvgIpc) is 2.50. The van der Waals surface area contributed by atoms with E-state index in [1.165, 1.54) is 0 Å². The van der Waals surface area contributed by atoms with E-state index in [2.05, 4.69) is 22.5 Å².